The van der Waals surface area contributed by atoms with Gasteiger partial charge in [0, 0.05) is 30.1 Å². The first-order chi connectivity index (χ1) is 9.83. The summed E-state index contributed by atoms with van der Waals surface area (Å²) < 4.78 is 37.6. The molecule has 0 spiro atoms. The third-order valence-electron chi connectivity index (χ3n) is 3.51. The lowest BCUT2D eigenvalue weighted by Crippen LogP contribution is -2.24. The summed E-state index contributed by atoms with van der Waals surface area (Å²) in [5.74, 6) is 0. The Labute approximate surface area is 131 Å². The van der Waals surface area contributed by atoms with Crippen LogP contribution in [0.25, 0.3) is 0 Å². The van der Waals surface area contributed by atoms with Gasteiger partial charge < -0.3 is 10.2 Å². The molecule has 0 aromatic heterocycles. The zero-order valence-corrected chi connectivity index (χ0v) is 13.6. The van der Waals surface area contributed by atoms with Gasteiger partial charge in [-0.05, 0) is 37.1 Å². The summed E-state index contributed by atoms with van der Waals surface area (Å²) in [5.41, 5.74) is 2.20. The highest BCUT2D eigenvalue weighted by Crippen LogP contribution is 2.24. The molecule has 1 aliphatic rings. The van der Waals surface area contributed by atoms with Gasteiger partial charge in [0.15, 0.2) is 0 Å². The fourth-order valence-electron chi connectivity index (χ4n) is 2.07. The minimum absolute atomic E-state index is 0.0148. The summed E-state index contributed by atoms with van der Waals surface area (Å²) in [6.07, 6.45) is -2.36. The molecule has 0 aliphatic heterocycles. The van der Waals surface area contributed by atoms with E-state index in [1.807, 2.05) is 18.2 Å². The van der Waals surface area contributed by atoms with Crippen LogP contribution in [0.3, 0.4) is 0 Å². The second-order valence-electron chi connectivity index (χ2n) is 5.68. The fourth-order valence-corrected chi connectivity index (χ4v) is 2.62. The molecule has 0 bridgehead atoms. The van der Waals surface area contributed by atoms with Crippen molar-refractivity contribution in [2.45, 2.75) is 44.6 Å². The van der Waals surface area contributed by atoms with Crippen molar-refractivity contribution in [3.8, 4) is 0 Å². The van der Waals surface area contributed by atoms with Crippen LogP contribution in [0.1, 0.15) is 30.4 Å². The van der Waals surface area contributed by atoms with Crippen molar-refractivity contribution in [3.63, 3.8) is 0 Å². The van der Waals surface area contributed by atoms with Gasteiger partial charge in [-0.2, -0.15) is 13.2 Å². The molecule has 1 aromatic rings. The average molecular weight is 365 g/mol. The summed E-state index contributed by atoms with van der Waals surface area (Å²) in [7, 11) is 1.71. The molecule has 1 saturated carbocycles. The fraction of sp³-hybridized carbons (Fsp3) is 0.600. The monoisotopic (exact) mass is 364 g/mol. The van der Waals surface area contributed by atoms with Crippen molar-refractivity contribution in [3.05, 3.63) is 33.8 Å². The first-order valence-corrected chi connectivity index (χ1v) is 7.89. The molecular weight excluding hydrogens is 345 g/mol. The van der Waals surface area contributed by atoms with Gasteiger partial charge in [-0.25, -0.2) is 0 Å². The summed E-state index contributed by atoms with van der Waals surface area (Å²) in [6.45, 7) is 1.36. The zero-order valence-electron chi connectivity index (χ0n) is 12.0. The molecule has 1 aromatic carbocycles. The number of rotatable bonds is 7. The van der Waals surface area contributed by atoms with Gasteiger partial charge in [0.05, 0.1) is 6.42 Å². The third-order valence-corrected chi connectivity index (χ3v) is 4.25. The minimum Gasteiger partial charge on any atom is -0.310 e. The van der Waals surface area contributed by atoms with E-state index in [-0.39, 0.29) is 6.54 Å². The maximum atomic E-state index is 12.2. The van der Waals surface area contributed by atoms with E-state index in [1.165, 1.54) is 18.4 Å². The largest absolute Gasteiger partial charge is 0.390 e. The highest BCUT2D eigenvalue weighted by molar-refractivity contribution is 9.10. The molecule has 0 heterocycles. The number of alkyl halides is 3. The Morgan fingerprint density at radius 3 is 2.62 bits per heavy atom. The molecule has 0 amide bonds. The molecule has 0 atom stereocenters. The molecule has 118 valence electrons. The summed E-state index contributed by atoms with van der Waals surface area (Å²) in [6, 6.07) is 6.73. The Hall–Kier alpha value is -0.590. The van der Waals surface area contributed by atoms with Crippen molar-refractivity contribution in [1.29, 1.82) is 0 Å². The van der Waals surface area contributed by atoms with E-state index in [4.69, 9.17) is 0 Å². The quantitative estimate of drug-likeness (QED) is 0.783. The maximum Gasteiger partial charge on any atom is 0.390 e. The van der Waals surface area contributed by atoms with Gasteiger partial charge >= 0.3 is 6.18 Å². The van der Waals surface area contributed by atoms with Crippen LogP contribution in [-0.2, 0) is 13.1 Å². The van der Waals surface area contributed by atoms with E-state index in [2.05, 4.69) is 21.2 Å². The summed E-state index contributed by atoms with van der Waals surface area (Å²) >= 11 is 3.51. The third kappa shape index (κ3) is 6.36. The van der Waals surface area contributed by atoms with E-state index in [0.717, 1.165) is 16.6 Å². The van der Waals surface area contributed by atoms with Gasteiger partial charge in [0.1, 0.15) is 0 Å². The van der Waals surface area contributed by atoms with Crippen LogP contribution in [0, 0.1) is 0 Å². The molecule has 1 N–H and O–H groups in total. The number of hydrogen-bond donors (Lipinski definition) is 1. The molecule has 0 radical (unpaired) electrons. The Kier molecular flexibility index (Phi) is 5.68. The highest BCUT2D eigenvalue weighted by atomic mass is 79.9. The molecule has 0 saturated heterocycles. The Morgan fingerprint density at radius 2 is 2.05 bits per heavy atom. The zero-order chi connectivity index (χ0) is 15.5. The summed E-state index contributed by atoms with van der Waals surface area (Å²) in [4.78, 5) is 1.69. The van der Waals surface area contributed by atoms with Crippen LogP contribution in [0.15, 0.2) is 22.7 Å². The van der Waals surface area contributed by atoms with E-state index in [9.17, 15) is 13.2 Å². The lowest BCUT2D eigenvalue weighted by Gasteiger charge is -2.19. The average Bonchev–Trinajstić information content (AvgIpc) is 3.20. The second kappa shape index (κ2) is 7.11. The molecule has 1 fully saturated rings. The Bertz CT molecular complexity index is 472. The van der Waals surface area contributed by atoms with Crippen LogP contribution in [0.5, 0.6) is 0 Å². The van der Waals surface area contributed by atoms with E-state index >= 15 is 0 Å². The molecule has 1 aliphatic carbocycles. The number of nitrogens with one attached hydrogen (secondary N) is 1. The topological polar surface area (TPSA) is 15.3 Å². The van der Waals surface area contributed by atoms with Crippen LogP contribution in [0.2, 0.25) is 0 Å². The van der Waals surface area contributed by atoms with Crippen LogP contribution < -0.4 is 5.32 Å². The van der Waals surface area contributed by atoms with E-state index < -0.39 is 12.6 Å². The van der Waals surface area contributed by atoms with Gasteiger partial charge in [0.2, 0.25) is 0 Å². The predicted octanol–water partition coefficient (Wildman–Crippen LogP) is 4.09. The van der Waals surface area contributed by atoms with Crippen LogP contribution >= 0.6 is 15.9 Å². The smallest absolute Gasteiger partial charge is 0.310 e. The van der Waals surface area contributed by atoms with Crippen molar-refractivity contribution in [2.75, 3.05) is 13.6 Å². The molecular formula is C15H20BrF3N2. The number of nitrogens with zero attached hydrogens (tertiary/aromatic N) is 1. The van der Waals surface area contributed by atoms with Gasteiger partial charge in [-0.3, -0.25) is 0 Å². The number of benzene rings is 1. The maximum absolute atomic E-state index is 12.2. The van der Waals surface area contributed by atoms with Crippen molar-refractivity contribution < 1.29 is 13.2 Å². The molecule has 2 rings (SSSR count). The summed E-state index contributed by atoms with van der Waals surface area (Å²) in [5, 5.41) is 3.44. The number of halogens is 4. The Balaban J connectivity index is 1.84. The van der Waals surface area contributed by atoms with Gasteiger partial charge in [-0.15, -0.1) is 0 Å². The minimum atomic E-state index is -4.09. The van der Waals surface area contributed by atoms with E-state index in [1.54, 1.807) is 11.9 Å². The van der Waals surface area contributed by atoms with Crippen molar-refractivity contribution in [2.24, 2.45) is 0 Å². The predicted molar refractivity (Wildman–Crippen MR) is 81.0 cm³/mol. The van der Waals surface area contributed by atoms with Crippen LogP contribution in [-0.4, -0.2) is 30.7 Å². The molecule has 0 unspecified atom stereocenters. The first-order valence-electron chi connectivity index (χ1n) is 7.09. The molecule has 2 nitrogen and oxygen atoms in total. The standard InChI is InChI=1S/C15H20BrF3N2/c1-21(7-6-15(17,18)19)10-12-3-2-11(8-14(12)16)9-20-13-4-5-13/h2-3,8,13,20H,4-7,9-10H2,1H3. The van der Waals surface area contributed by atoms with Crippen LogP contribution in [0.4, 0.5) is 13.2 Å². The first kappa shape index (κ1) is 16.8. The highest BCUT2D eigenvalue weighted by Gasteiger charge is 2.27. The molecule has 21 heavy (non-hydrogen) atoms. The van der Waals surface area contributed by atoms with Gasteiger partial charge in [0.25, 0.3) is 0 Å². The normalized spacial score (nSPS) is 15.7. The Morgan fingerprint density at radius 1 is 1.33 bits per heavy atom. The molecule has 6 heteroatoms. The lowest BCUT2D eigenvalue weighted by atomic mass is 10.1. The van der Waals surface area contributed by atoms with Crippen molar-refractivity contribution >= 4 is 15.9 Å². The van der Waals surface area contributed by atoms with Gasteiger partial charge in [-0.1, -0.05) is 28.1 Å². The number of hydrogen-bond acceptors (Lipinski definition) is 2. The van der Waals surface area contributed by atoms with Crippen molar-refractivity contribution in [1.82, 2.24) is 10.2 Å². The SMILES string of the molecule is CN(CCC(F)(F)F)Cc1ccc(CNC2CC2)cc1Br. The second-order valence-corrected chi connectivity index (χ2v) is 6.54. The lowest BCUT2D eigenvalue weighted by molar-refractivity contribution is -0.137. The van der Waals surface area contributed by atoms with E-state index in [0.29, 0.717) is 12.6 Å².